The Morgan fingerprint density at radius 3 is 2.47 bits per heavy atom. The van der Waals surface area contributed by atoms with Crippen LogP contribution in [0.2, 0.25) is 0 Å². The van der Waals surface area contributed by atoms with E-state index in [-0.39, 0.29) is 12.4 Å². The fourth-order valence-corrected chi connectivity index (χ4v) is 2.98. The van der Waals surface area contributed by atoms with Crippen LogP contribution in [0.4, 0.5) is 10.5 Å². The maximum absolute atomic E-state index is 12.4. The van der Waals surface area contributed by atoms with Gasteiger partial charge in [0.2, 0.25) is 0 Å². The summed E-state index contributed by atoms with van der Waals surface area (Å²) in [4.78, 5) is 24.1. The van der Waals surface area contributed by atoms with Crippen LogP contribution in [0.1, 0.15) is 45.2 Å². The third kappa shape index (κ3) is 6.51. The van der Waals surface area contributed by atoms with Gasteiger partial charge in [-0.3, -0.25) is 10.1 Å². The van der Waals surface area contributed by atoms with E-state index in [0.717, 1.165) is 28.7 Å². The standard InChI is InChI=1S/C24H31NO5/c1-7-13-29-20-12-11-19(16(2)22(20)25-23(27)30-24(3,4)5)18-10-8-9-17(14-18)15-21(26)28-6/h8-12,14H,7,13,15H2,1-6H3,(H,25,27). The number of amides is 1. The van der Waals surface area contributed by atoms with Crippen molar-refractivity contribution in [3.63, 3.8) is 0 Å². The van der Waals surface area contributed by atoms with E-state index >= 15 is 0 Å². The van der Waals surface area contributed by atoms with Crippen molar-refractivity contribution in [2.75, 3.05) is 19.0 Å². The highest BCUT2D eigenvalue weighted by atomic mass is 16.6. The van der Waals surface area contributed by atoms with Gasteiger partial charge in [-0.1, -0.05) is 37.3 Å². The summed E-state index contributed by atoms with van der Waals surface area (Å²) in [6, 6.07) is 11.5. The lowest BCUT2D eigenvalue weighted by molar-refractivity contribution is -0.139. The van der Waals surface area contributed by atoms with Gasteiger partial charge in [0.25, 0.3) is 0 Å². The number of rotatable bonds is 7. The summed E-state index contributed by atoms with van der Waals surface area (Å²) in [7, 11) is 1.37. The third-order valence-corrected chi connectivity index (χ3v) is 4.33. The van der Waals surface area contributed by atoms with Crippen LogP contribution in [0.3, 0.4) is 0 Å². The Kier molecular flexibility index (Phi) is 7.86. The second kappa shape index (κ2) is 10.1. The first-order valence-corrected chi connectivity index (χ1v) is 10.1. The number of methoxy groups -OCH3 is 1. The minimum absolute atomic E-state index is 0.199. The van der Waals surface area contributed by atoms with Crippen molar-refractivity contribution in [2.45, 2.75) is 53.1 Å². The summed E-state index contributed by atoms with van der Waals surface area (Å²) in [5, 5.41) is 2.85. The van der Waals surface area contributed by atoms with Gasteiger partial charge in [0, 0.05) is 0 Å². The van der Waals surface area contributed by atoms with E-state index in [1.54, 1.807) is 0 Å². The van der Waals surface area contributed by atoms with Crippen LogP contribution in [0, 0.1) is 6.92 Å². The molecule has 30 heavy (non-hydrogen) atoms. The minimum atomic E-state index is -0.609. The monoisotopic (exact) mass is 413 g/mol. The number of hydrogen-bond acceptors (Lipinski definition) is 5. The smallest absolute Gasteiger partial charge is 0.412 e. The lowest BCUT2D eigenvalue weighted by Gasteiger charge is -2.22. The zero-order valence-corrected chi connectivity index (χ0v) is 18.6. The summed E-state index contributed by atoms with van der Waals surface area (Å²) < 4.78 is 16.0. The molecule has 6 nitrogen and oxygen atoms in total. The fraction of sp³-hybridized carbons (Fsp3) is 0.417. The van der Waals surface area contributed by atoms with Crippen LogP contribution < -0.4 is 10.1 Å². The van der Waals surface area contributed by atoms with Crippen LogP contribution >= 0.6 is 0 Å². The molecule has 2 aromatic rings. The molecule has 2 rings (SSSR count). The van der Waals surface area contributed by atoms with Crippen LogP contribution in [0.15, 0.2) is 36.4 Å². The van der Waals surface area contributed by atoms with Crippen LogP contribution in [0.25, 0.3) is 11.1 Å². The van der Waals surface area contributed by atoms with Gasteiger partial charge >= 0.3 is 12.1 Å². The van der Waals surface area contributed by atoms with Crippen molar-refractivity contribution < 1.29 is 23.8 Å². The molecule has 0 aromatic heterocycles. The van der Waals surface area contributed by atoms with Gasteiger partial charge in [0.1, 0.15) is 11.4 Å². The van der Waals surface area contributed by atoms with E-state index < -0.39 is 11.7 Å². The molecule has 1 N–H and O–H groups in total. The minimum Gasteiger partial charge on any atom is -0.491 e. The molecule has 0 heterocycles. The number of hydrogen-bond donors (Lipinski definition) is 1. The quantitative estimate of drug-likeness (QED) is 0.606. The number of benzene rings is 2. The summed E-state index contributed by atoms with van der Waals surface area (Å²) in [5.74, 6) is 0.300. The number of anilines is 1. The molecular weight excluding hydrogens is 382 g/mol. The maximum Gasteiger partial charge on any atom is 0.412 e. The number of ether oxygens (including phenoxy) is 3. The van der Waals surface area contributed by atoms with Gasteiger partial charge in [0.15, 0.2) is 0 Å². The highest BCUT2D eigenvalue weighted by molar-refractivity contribution is 5.91. The number of nitrogens with one attached hydrogen (secondary N) is 1. The van der Waals surface area contributed by atoms with Crippen molar-refractivity contribution in [1.29, 1.82) is 0 Å². The van der Waals surface area contributed by atoms with Crippen LogP contribution in [-0.2, 0) is 20.7 Å². The lowest BCUT2D eigenvalue weighted by atomic mass is 9.96. The first kappa shape index (κ1) is 23.3. The topological polar surface area (TPSA) is 73.9 Å². The number of esters is 1. The van der Waals surface area contributed by atoms with E-state index in [9.17, 15) is 9.59 Å². The van der Waals surface area contributed by atoms with Gasteiger partial charge in [0.05, 0.1) is 25.8 Å². The van der Waals surface area contributed by atoms with Crippen molar-refractivity contribution in [2.24, 2.45) is 0 Å². The molecule has 0 spiro atoms. The Morgan fingerprint density at radius 1 is 1.10 bits per heavy atom. The van der Waals surface area contributed by atoms with Gasteiger partial charge in [-0.05, 0) is 62.4 Å². The van der Waals surface area contributed by atoms with E-state index in [4.69, 9.17) is 14.2 Å². The van der Waals surface area contributed by atoms with Crippen LogP contribution in [0.5, 0.6) is 5.75 Å². The summed E-state index contributed by atoms with van der Waals surface area (Å²) in [5.41, 5.74) is 3.53. The highest BCUT2D eigenvalue weighted by Crippen LogP contribution is 2.36. The Hall–Kier alpha value is -3.02. The van der Waals surface area contributed by atoms with E-state index in [2.05, 4.69) is 5.32 Å². The fourth-order valence-electron chi connectivity index (χ4n) is 2.98. The van der Waals surface area contributed by atoms with E-state index in [1.807, 2.05) is 71.0 Å². The Balaban J connectivity index is 2.43. The molecule has 0 atom stereocenters. The summed E-state index contributed by atoms with van der Waals surface area (Å²) >= 11 is 0. The molecule has 2 aromatic carbocycles. The largest absolute Gasteiger partial charge is 0.491 e. The predicted octanol–water partition coefficient (Wildman–Crippen LogP) is 5.51. The van der Waals surface area contributed by atoms with Crippen molar-refractivity contribution >= 4 is 17.7 Å². The number of carbonyl (C=O) groups is 2. The molecule has 1 amide bonds. The molecule has 0 bridgehead atoms. The predicted molar refractivity (Wildman–Crippen MR) is 118 cm³/mol. The maximum atomic E-state index is 12.4. The first-order chi connectivity index (χ1) is 14.1. The average Bonchev–Trinajstić information content (AvgIpc) is 2.67. The highest BCUT2D eigenvalue weighted by Gasteiger charge is 2.20. The van der Waals surface area contributed by atoms with Gasteiger partial charge < -0.3 is 14.2 Å². The second-order valence-corrected chi connectivity index (χ2v) is 8.04. The molecule has 0 fully saturated rings. The third-order valence-electron chi connectivity index (χ3n) is 4.33. The first-order valence-electron chi connectivity index (χ1n) is 10.1. The van der Waals surface area contributed by atoms with Gasteiger partial charge in [-0.15, -0.1) is 0 Å². The SMILES string of the molecule is CCCOc1ccc(-c2cccc(CC(=O)OC)c2)c(C)c1NC(=O)OC(C)(C)C. The van der Waals surface area contributed by atoms with Crippen molar-refractivity contribution in [1.82, 2.24) is 0 Å². The molecule has 0 aliphatic rings. The Labute approximate surface area is 178 Å². The molecule has 0 saturated heterocycles. The van der Waals surface area contributed by atoms with E-state index in [1.165, 1.54) is 7.11 Å². The molecular formula is C24H31NO5. The molecule has 6 heteroatoms. The van der Waals surface area contributed by atoms with Crippen molar-refractivity contribution in [3.05, 3.63) is 47.5 Å². The zero-order chi connectivity index (χ0) is 22.3. The normalized spacial score (nSPS) is 11.0. The Morgan fingerprint density at radius 2 is 1.83 bits per heavy atom. The number of carbonyl (C=O) groups excluding carboxylic acids is 2. The molecule has 162 valence electrons. The summed E-state index contributed by atoms with van der Waals surface area (Å²) in [6.45, 7) is 9.94. The summed E-state index contributed by atoms with van der Waals surface area (Å²) in [6.07, 6.45) is 0.510. The Bertz CT molecular complexity index is 899. The molecule has 0 radical (unpaired) electrons. The molecule has 0 aliphatic carbocycles. The van der Waals surface area contributed by atoms with Gasteiger partial charge in [-0.2, -0.15) is 0 Å². The molecule has 0 unspecified atom stereocenters. The van der Waals surface area contributed by atoms with Crippen molar-refractivity contribution in [3.8, 4) is 16.9 Å². The average molecular weight is 414 g/mol. The second-order valence-electron chi connectivity index (χ2n) is 8.04. The van der Waals surface area contributed by atoms with E-state index in [0.29, 0.717) is 18.0 Å². The molecule has 0 saturated carbocycles. The molecule has 0 aliphatic heterocycles. The van der Waals surface area contributed by atoms with Gasteiger partial charge in [-0.25, -0.2) is 4.79 Å². The lowest BCUT2D eigenvalue weighted by Crippen LogP contribution is -2.27. The van der Waals surface area contributed by atoms with Crippen LogP contribution in [-0.4, -0.2) is 31.4 Å². The zero-order valence-electron chi connectivity index (χ0n) is 18.6.